The van der Waals surface area contributed by atoms with E-state index in [1.54, 1.807) is 6.42 Å². The van der Waals surface area contributed by atoms with Gasteiger partial charge in [-0.15, -0.1) is 11.3 Å². The van der Waals surface area contributed by atoms with E-state index >= 15 is 0 Å². The van der Waals surface area contributed by atoms with Crippen molar-refractivity contribution >= 4 is 27.3 Å². The number of thiophene rings is 1. The van der Waals surface area contributed by atoms with Gasteiger partial charge < -0.3 is 5.32 Å². The minimum atomic E-state index is 0.589. The molecule has 0 aliphatic heterocycles. The minimum Gasteiger partial charge on any atom is -0.312 e. The van der Waals surface area contributed by atoms with Gasteiger partial charge in [0, 0.05) is 10.9 Å². The van der Waals surface area contributed by atoms with Crippen molar-refractivity contribution in [2.24, 2.45) is 29.6 Å². The molecule has 3 heteroatoms. The fourth-order valence-corrected chi connectivity index (χ4v) is 7.12. The van der Waals surface area contributed by atoms with Crippen LogP contribution >= 0.6 is 27.3 Å². The molecule has 4 aliphatic rings. The zero-order chi connectivity index (χ0) is 13.0. The first kappa shape index (κ1) is 12.8. The molecule has 1 aromatic rings. The number of halogens is 1. The summed E-state index contributed by atoms with van der Waals surface area (Å²) in [5.41, 5.74) is 0. The van der Waals surface area contributed by atoms with Gasteiger partial charge in [0.2, 0.25) is 0 Å². The molecule has 0 radical (unpaired) electrons. The summed E-state index contributed by atoms with van der Waals surface area (Å²) in [6.07, 6.45) is 7.62. The lowest BCUT2D eigenvalue weighted by Crippen LogP contribution is -2.49. The van der Waals surface area contributed by atoms with Crippen LogP contribution in [-0.2, 0) is 0 Å². The standard InChI is InChI=1S/C16H22BrNS/c1-18-16(13-2-3-14(17)19-13)15-11-5-9-4-10(7-11)8-12(15)6-9/h2-3,9-12,15-16,18H,4-8H2,1H3. The Morgan fingerprint density at radius 3 is 2.21 bits per heavy atom. The first-order chi connectivity index (χ1) is 9.24. The Kier molecular flexibility index (Phi) is 3.28. The van der Waals surface area contributed by atoms with E-state index in [2.05, 4.69) is 40.4 Å². The van der Waals surface area contributed by atoms with Crippen molar-refractivity contribution < 1.29 is 0 Å². The molecular weight excluding hydrogens is 318 g/mol. The second-order valence-electron chi connectivity index (χ2n) is 6.92. The summed E-state index contributed by atoms with van der Waals surface area (Å²) >= 11 is 5.54. The quantitative estimate of drug-likeness (QED) is 0.830. The largest absolute Gasteiger partial charge is 0.312 e. The summed E-state index contributed by atoms with van der Waals surface area (Å²) in [7, 11) is 2.16. The fourth-order valence-electron chi connectivity index (χ4n) is 5.53. The highest BCUT2D eigenvalue weighted by Gasteiger charge is 2.50. The Morgan fingerprint density at radius 1 is 1.11 bits per heavy atom. The molecule has 0 aromatic carbocycles. The van der Waals surface area contributed by atoms with Gasteiger partial charge in [0.05, 0.1) is 3.79 Å². The Morgan fingerprint density at radius 2 is 1.74 bits per heavy atom. The molecule has 0 saturated heterocycles. The summed E-state index contributed by atoms with van der Waals surface area (Å²) in [5, 5.41) is 3.65. The van der Waals surface area contributed by atoms with Crippen molar-refractivity contribution in [1.29, 1.82) is 0 Å². The molecule has 4 fully saturated rings. The minimum absolute atomic E-state index is 0.589. The Balaban J connectivity index is 1.63. The van der Waals surface area contributed by atoms with Crippen molar-refractivity contribution in [3.8, 4) is 0 Å². The fraction of sp³-hybridized carbons (Fsp3) is 0.750. The van der Waals surface area contributed by atoms with Gasteiger partial charge in [-0.05, 0) is 96.8 Å². The van der Waals surface area contributed by atoms with Gasteiger partial charge in [0.15, 0.2) is 0 Å². The maximum absolute atomic E-state index is 3.65. The van der Waals surface area contributed by atoms with Gasteiger partial charge in [-0.1, -0.05) is 0 Å². The lowest BCUT2D eigenvalue weighted by atomic mass is 9.50. The zero-order valence-electron chi connectivity index (χ0n) is 11.4. The molecule has 19 heavy (non-hydrogen) atoms. The molecule has 1 heterocycles. The van der Waals surface area contributed by atoms with Crippen LogP contribution in [0.4, 0.5) is 0 Å². The van der Waals surface area contributed by atoms with Crippen LogP contribution in [0.3, 0.4) is 0 Å². The van der Waals surface area contributed by atoms with E-state index in [0.29, 0.717) is 6.04 Å². The Bertz CT molecular complexity index is 441. The molecular formula is C16H22BrNS. The van der Waals surface area contributed by atoms with Crippen LogP contribution < -0.4 is 5.32 Å². The molecule has 4 saturated carbocycles. The van der Waals surface area contributed by atoms with Crippen molar-refractivity contribution in [2.45, 2.75) is 38.1 Å². The van der Waals surface area contributed by atoms with E-state index in [4.69, 9.17) is 0 Å². The first-order valence-electron chi connectivity index (χ1n) is 7.67. The van der Waals surface area contributed by atoms with E-state index in [-0.39, 0.29) is 0 Å². The number of hydrogen-bond donors (Lipinski definition) is 1. The highest BCUT2D eigenvalue weighted by atomic mass is 79.9. The second-order valence-corrected chi connectivity index (χ2v) is 9.41. The third kappa shape index (κ3) is 2.13. The lowest BCUT2D eigenvalue weighted by Gasteiger charge is -2.56. The van der Waals surface area contributed by atoms with Gasteiger partial charge in [0.25, 0.3) is 0 Å². The van der Waals surface area contributed by atoms with Crippen molar-refractivity contribution in [3.05, 3.63) is 20.8 Å². The summed E-state index contributed by atoms with van der Waals surface area (Å²) in [6.45, 7) is 0. The van der Waals surface area contributed by atoms with E-state index in [1.807, 2.05) is 11.3 Å². The summed E-state index contributed by atoms with van der Waals surface area (Å²) in [5.74, 6) is 5.03. The molecule has 1 N–H and O–H groups in total. The highest BCUT2D eigenvalue weighted by molar-refractivity contribution is 9.11. The average molecular weight is 340 g/mol. The van der Waals surface area contributed by atoms with Crippen LogP contribution in [0, 0.1) is 29.6 Å². The third-order valence-corrected chi connectivity index (χ3v) is 7.60. The summed E-state index contributed by atoms with van der Waals surface area (Å²) < 4.78 is 1.27. The normalized spacial score (nSPS) is 41.7. The molecule has 104 valence electrons. The van der Waals surface area contributed by atoms with Crippen LogP contribution in [0.25, 0.3) is 0 Å². The molecule has 1 nitrogen and oxygen atoms in total. The summed E-state index contributed by atoms with van der Waals surface area (Å²) in [4.78, 5) is 1.53. The zero-order valence-corrected chi connectivity index (χ0v) is 13.8. The van der Waals surface area contributed by atoms with Gasteiger partial charge in [-0.25, -0.2) is 0 Å². The molecule has 1 unspecified atom stereocenters. The number of hydrogen-bond acceptors (Lipinski definition) is 2. The Labute approximate surface area is 128 Å². The van der Waals surface area contributed by atoms with Gasteiger partial charge in [-0.2, -0.15) is 0 Å². The van der Waals surface area contributed by atoms with Crippen LogP contribution in [-0.4, -0.2) is 7.05 Å². The monoisotopic (exact) mass is 339 g/mol. The molecule has 4 aliphatic carbocycles. The molecule has 1 atom stereocenters. The molecule has 1 aromatic heterocycles. The number of rotatable bonds is 3. The molecule has 4 bridgehead atoms. The highest BCUT2D eigenvalue weighted by Crippen LogP contribution is 2.59. The molecule has 5 rings (SSSR count). The Hall–Kier alpha value is 0.140. The number of nitrogens with one attached hydrogen (secondary N) is 1. The first-order valence-corrected chi connectivity index (χ1v) is 9.28. The molecule has 0 spiro atoms. The average Bonchev–Trinajstić information content (AvgIpc) is 2.79. The van der Waals surface area contributed by atoms with Crippen LogP contribution in [0.1, 0.15) is 43.0 Å². The molecule has 0 amide bonds. The third-order valence-electron chi connectivity index (χ3n) is 5.90. The summed E-state index contributed by atoms with van der Waals surface area (Å²) in [6, 6.07) is 5.12. The predicted molar refractivity (Wildman–Crippen MR) is 84.4 cm³/mol. The van der Waals surface area contributed by atoms with Gasteiger partial charge in [0.1, 0.15) is 0 Å². The van der Waals surface area contributed by atoms with Crippen molar-refractivity contribution in [1.82, 2.24) is 5.32 Å². The lowest BCUT2D eigenvalue weighted by molar-refractivity contribution is -0.0510. The van der Waals surface area contributed by atoms with E-state index in [1.165, 1.54) is 34.3 Å². The maximum Gasteiger partial charge on any atom is 0.0701 e. The smallest absolute Gasteiger partial charge is 0.0701 e. The second kappa shape index (κ2) is 4.85. The van der Waals surface area contributed by atoms with E-state index in [9.17, 15) is 0 Å². The topological polar surface area (TPSA) is 12.0 Å². The van der Waals surface area contributed by atoms with Crippen LogP contribution in [0.15, 0.2) is 15.9 Å². The van der Waals surface area contributed by atoms with Gasteiger partial charge in [-0.3, -0.25) is 0 Å². The van der Waals surface area contributed by atoms with E-state index in [0.717, 1.165) is 29.6 Å². The SMILES string of the molecule is CNC(c1ccc(Br)s1)C1C2CC3CC(C2)CC1C3. The van der Waals surface area contributed by atoms with Gasteiger partial charge >= 0.3 is 0 Å². The predicted octanol–water partition coefficient (Wildman–Crippen LogP) is 4.84. The van der Waals surface area contributed by atoms with E-state index < -0.39 is 0 Å². The van der Waals surface area contributed by atoms with Crippen molar-refractivity contribution in [2.75, 3.05) is 7.05 Å². The van der Waals surface area contributed by atoms with Crippen LogP contribution in [0.5, 0.6) is 0 Å². The van der Waals surface area contributed by atoms with Crippen LogP contribution in [0.2, 0.25) is 0 Å². The maximum atomic E-state index is 3.65. The van der Waals surface area contributed by atoms with Crippen molar-refractivity contribution in [3.63, 3.8) is 0 Å².